The van der Waals surface area contributed by atoms with E-state index in [4.69, 9.17) is 4.74 Å². The second kappa shape index (κ2) is 11.5. The quantitative estimate of drug-likeness (QED) is 0.206. The summed E-state index contributed by atoms with van der Waals surface area (Å²) in [7, 11) is 0. The molecule has 0 aromatic heterocycles. The zero-order valence-electron chi connectivity index (χ0n) is 25.1. The first-order valence-electron chi connectivity index (χ1n) is 16.0. The molecule has 0 aliphatic heterocycles. The summed E-state index contributed by atoms with van der Waals surface area (Å²) in [6.45, 7) is 12.5. The molecule has 3 saturated carbocycles. The fraction of sp³-hybridized carbons (Fsp3) is 0.694. The number of benzene rings is 1. The Morgan fingerprint density at radius 3 is 2.62 bits per heavy atom. The van der Waals surface area contributed by atoms with E-state index < -0.39 is 0 Å². The number of allylic oxidation sites excluding steroid dienone is 1. The zero-order chi connectivity index (χ0) is 27.8. The van der Waals surface area contributed by atoms with E-state index >= 15 is 0 Å². The first kappa shape index (κ1) is 28.5. The van der Waals surface area contributed by atoms with Crippen LogP contribution in [-0.2, 0) is 9.53 Å². The minimum Gasteiger partial charge on any atom is -0.507 e. The van der Waals surface area contributed by atoms with Gasteiger partial charge < -0.3 is 9.84 Å². The van der Waals surface area contributed by atoms with Crippen LogP contribution in [0.4, 0.5) is 0 Å². The molecule has 5 rings (SSSR count). The average Bonchev–Trinajstić information content (AvgIpc) is 3.25. The van der Waals surface area contributed by atoms with Gasteiger partial charge in [-0.3, -0.25) is 0 Å². The van der Waals surface area contributed by atoms with E-state index in [9.17, 15) is 9.90 Å². The van der Waals surface area contributed by atoms with Crippen molar-refractivity contribution >= 4 is 12.0 Å². The number of carbonyl (C=O) groups excluding carboxylic acids is 1. The summed E-state index contributed by atoms with van der Waals surface area (Å²) in [4.78, 5) is 12.6. The summed E-state index contributed by atoms with van der Waals surface area (Å²) in [6.07, 6.45) is 19.6. The van der Waals surface area contributed by atoms with Crippen molar-refractivity contribution in [1.82, 2.24) is 0 Å². The second-order valence-electron chi connectivity index (χ2n) is 14.5. The number of hydrogen-bond donors (Lipinski definition) is 1. The number of hydrogen-bond acceptors (Lipinski definition) is 3. The van der Waals surface area contributed by atoms with Gasteiger partial charge in [0.05, 0.1) is 0 Å². The third-order valence-corrected chi connectivity index (χ3v) is 11.9. The van der Waals surface area contributed by atoms with E-state index in [2.05, 4.69) is 40.7 Å². The number of phenols is 1. The van der Waals surface area contributed by atoms with Crippen LogP contribution in [0.1, 0.15) is 111 Å². The Hall–Kier alpha value is -2.03. The fourth-order valence-electron chi connectivity index (χ4n) is 9.74. The molecular weight excluding hydrogens is 480 g/mol. The van der Waals surface area contributed by atoms with Crippen LogP contribution in [0, 0.1) is 46.3 Å². The van der Waals surface area contributed by atoms with Crippen molar-refractivity contribution in [3.05, 3.63) is 47.6 Å². The first-order chi connectivity index (χ1) is 18.6. The highest BCUT2D eigenvalue weighted by atomic mass is 16.5. The molecule has 1 aromatic rings. The van der Waals surface area contributed by atoms with Gasteiger partial charge in [-0.2, -0.15) is 0 Å². The predicted octanol–water partition coefficient (Wildman–Crippen LogP) is 9.36. The molecule has 0 heterocycles. The topological polar surface area (TPSA) is 46.5 Å². The Balaban J connectivity index is 1.22. The minimum atomic E-state index is -0.311. The molecule has 1 N–H and O–H groups in total. The fourth-order valence-corrected chi connectivity index (χ4v) is 9.74. The van der Waals surface area contributed by atoms with E-state index in [1.54, 1.807) is 29.8 Å². The highest BCUT2D eigenvalue weighted by Crippen LogP contribution is 2.67. The van der Waals surface area contributed by atoms with E-state index in [1.807, 2.05) is 6.07 Å². The van der Waals surface area contributed by atoms with Crippen LogP contribution < -0.4 is 0 Å². The summed E-state index contributed by atoms with van der Waals surface area (Å²) in [6, 6.07) is 7.05. The van der Waals surface area contributed by atoms with Crippen LogP contribution in [0.15, 0.2) is 42.0 Å². The molecule has 0 amide bonds. The Labute approximate surface area is 237 Å². The molecule has 214 valence electrons. The molecular formula is C36H52O3. The van der Waals surface area contributed by atoms with E-state index in [0.717, 1.165) is 54.8 Å². The number of carbonyl (C=O) groups is 1. The lowest BCUT2D eigenvalue weighted by molar-refractivity contribution is -0.145. The van der Waals surface area contributed by atoms with Gasteiger partial charge in [-0.1, -0.05) is 83.7 Å². The smallest absolute Gasteiger partial charge is 0.331 e. The van der Waals surface area contributed by atoms with Crippen LogP contribution in [0.5, 0.6) is 5.75 Å². The van der Waals surface area contributed by atoms with Crippen LogP contribution in [0.25, 0.3) is 6.08 Å². The molecule has 0 radical (unpaired) electrons. The maximum absolute atomic E-state index is 12.6. The van der Waals surface area contributed by atoms with E-state index in [1.165, 1.54) is 57.4 Å². The normalized spacial score (nSPS) is 36.7. The molecule has 4 aliphatic carbocycles. The van der Waals surface area contributed by atoms with Gasteiger partial charge >= 0.3 is 5.97 Å². The molecule has 3 fully saturated rings. The van der Waals surface area contributed by atoms with Crippen molar-refractivity contribution in [2.45, 2.75) is 111 Å². The minimum absolute atomic E-state index is 0.0428. The number of ether oxygens (including phenoxy) is 1. The van der Waals surface area contributed by atoms with Gasteiger partial charge in [0.2, 0.25) is 0 Å². The van der Waals surface area contributed by atoms with Gasteiger partial charge in [0.1, 0.15) is 11.9 Å². The molecule has 1 aromatic carbocycles. The lowest BCUT2D eigenvalue weighted by atomic mass is 9.47. The molecule has 8 atom stereocenters. The van der Waals surface area contributed by atoms with Gasteiger partial charge in [0, 0.05) is 18.1 Å². The Morgan fingerprint density at radius 1 is 1.05 bits per heavy atom. The van der Waals surface area contributed by atoms with Crippen LogP contribution >= 0.6 is 0 Å². The molecule has 0 spiro atoms. The van der Waals surface area contributed by atoms with Gasteiger partial charge in [-0.05, 0) is 103 Å². The number of fused-ring (bicyclic) bond motifs is 5. The molecule has 4 aliphatic rings. The maximum Gasteiger partial charge on any atom is 0.331 e. The SMILES string of the molecule is CC(C)CCC[C@@H](C)[C@H]1CC[C@H]2[C@@H]3CC=C4C[C@@H](OC(=O)/C=C/c5ccccc5O)CC[C@]4(C)[C@H]3CC[C@]12C. The summed E-state index contributed by atoms with van der Waals surface area (Å²) in [5.41, 5.74) is 2.97. The number of para-hydroxylation sites is 1. The standard InChI is InChI=1S/C36H52O3/c1-24(2)9-8-10-25(3)30-16-17-31-29-15-14-27-23-28(19-21-35(27,4)32(29)20-22-36(30,31)5)39-34(38)18-13-26-11-6-7-12-33(26)37/h6-7,11-14,18,24-25,28-32,37H,8-10,15-17,19-23H2,1-5H3/b18-13+/t25-,28+,29+,30-,31+,32+,35+,36-/m1/s1. The van der Waals surface area contributed by atoms with Crippen molar-refractivity contribution in [2.24, 2.45) is 46.3 Å². The Kier molecular flexibility index (Phi) is 8.37. The number of phenolic OH excluding ortho intramolecular Hbond substituents is 1. The lowest BCUT2D eigenvalue weighted by Crippen LogP contribution is -2.51. The molecule has 0 bridgehead atoms. The second-order valence-corrected chi connectivity index (χ2v) is 14.5. The zero-order valence-corrected chi connectivity index (χ0v) is 25.1. The van der Waals surface area contributed by atoms with Crippen molar-refractivity contribution in [3.63, 3.8) is 0 Å². The largest absolute Gasteiger partial charge is 0.507 e. The van der Waals surface area contributed by atoms with Gasteiger partial charge in [0.25, 0.3) is 0 Å². The summed E-state index contributed by atoms with van der Waals surface area (Å²) < 4.78 is 5.91. The highest BCUT2D eigenvalue weighted by Gasteiger charge is 2.59. The third kappa shape index (κ3) is 5.62. The van der Waals surface area contributed by atoms with Crippen molar-refractivity contribution < 1.29 is 14.6 Å². The Morgan fingerprint density at radius 2 is 1.85 bits per heavy atom. The monoisotopic (exact) mass is 532 g/mol. The average molecular weight is 533 g/mol. The number of aromatic hydroxyl groups is 1. The van der Waals surface area contributed by atoms with Crippen molar-refractivity contribution in [3.8, 4) is 5.75 Å². The summed E-state index contributed by atoms with van der Waals surface area (Å²) in [5.74, 6) is 4.92. The van der Waals surface area contributed by atoms with Crippen LogP contribution in [-0.4, -0.2) is 17.2 Å². The van der Waals surface area contributed by atoms with Crippen LogP contribution in [0.2, 0.25) is 0 Å². The Bertz CT molecular complexity index is 1080. The van der Waals surface area contributed by atoms with Gasteiger partial charge in [0.15, 0.2) is 0 Å². The van der Waals surface area contributed by atoms with Gasteiger partial charge in [-0.25, -0.2) is 4.79 Å². The predicted molar refractivity (Wildman–Crippen MR) is 160 cm³/mol. The lowest BCUT2D eigenvalue weighted by Gasteiger charge is -2.58. The van der Waals surface area contributed by atoms with E-state index in [-0.39, 0.29) is 23.2 Å². The van der Waals surface area contributed by atoms with E-state index in [0.29, 0.717) is 11.0 Å². The number of esters is 1. The molecule has 3 nitrogen and oxygen atoms in total. The molecule has 3 heteroatoms. The van der Waals surface area contributed by atoms with Crippen molar-refractivity contribution in [1.29, 1.82) is 0 Å². The molecule has 0 unspecified atom stereocenters. The van der Waals surface area contributed by atoms with Crippen LogP contribution in [0.3, 0.4) is 0 Å². The van der Waals surface area contributed by atoms with Gasteiger partial charge in [-0.15, -0.1) is 0 Å². The maximum atomic E-state index is 12.6. The molecule has 39 heavy (non-hydrogen) atoms. The number of rotatable bonds is 8. The van der Waals surface area contributed by atoms with Crippen molar-refractivity contribution in [2.75, 3.05) is 0 Å². The highest BCUT2D eigenvalue weighted by molar-refractivity contribution is 5.87. The first-order valence-corrected chi connectivity index (χ1v) is 16.0. The third-order valence-electron chi connectivity index (χ3n) is 11.9. The summed E-state index contributed by atoms with van der Waals surface area (Å²) in [5, 5.41) is 9.95. The summed E-state index contributed by atoms with van der Waals surface area (Å²) >= 11 is 0. The molecule has 0 saturated heterocycles.